The Hall–Kier alpha value is -1.79. The molecule has 0 unspecified atom stereocenters. The molecule has 0 atom stereocenters. The number of hydrogen-bond donors (Lipinski definition) is 1. The maximum Gasteiger partial charge on any atom is 0.421 e. The molecule has 2 aromatic rings. The molecule has 1 aromatic carbocycles. The molecule has 0 saturated carbocycles. The minimum absolute atomic E-state index is 0.0908. The van der Waals surface area contributed by atoms with Gasteiger partial charge < -0.3 is 10.5 Å². The molecule has 0 bridgehead atoms. The number of rotatable bonds is 3. The Morgan fingerprint density at radius 1 is 1.25 bits per heavy atom. The molecule has 7 heteroatoms. The lowest BCUT2D eigenvalue weighted by molar-refractivity contribution is -0.138. The first kappa shape index (κ1) is 14.6. The fourth-order valence-corrected chi connectivity index (χ4v) is 1.79. The van der Waals surface area contributed by atoms with Crippen molar-refractivity contribution in [2.45, 2.75) is 12.7 Å². The molecular formula is C13H10ClF3N2O. The van der Waals surface area contributed by atoms with E-state index in [1.54, 1.807) is 6.07 Å². The van der Waals surface area contributed by atoms with Gasteiger partial charge in [0.05, 0.1) is 5.02 Å². The van der Waals surface area contributed by atoms with Crippen LogP contribution in [0.15, 0.2) is 36.5 Å². The lowest BCUT2D eigenvalue weighted by Crippen LogP contribution is -2.08. The molecule has 0 radical (unpaired) electrons. The maximum absolute atomic E-state index is 12.8. The number of nitrogens with zero attached hydrogens (tertiary/aromatic N) is 1. The average molecular weight is 303 g/mol. The molecular weight excluding hydrogens is 293 g/mol. The van der Waals surface area contributed by atoms with Crippen LogP contribution in [0.4, 0.5) is 13.2 Å². The molecule has 2 N–H and O–H groups in total. The zero-order valence-electron chi connectivity index (χ0n) is 10.1. The molecule has 0 amide bonds. The Morgan fingerprint density at radius 2 is 2.00 bits per heavy atom. The molecule has 3 nitrogen and oxygen atoms in total. The van der Waals surface area contributed by atoms with Crippen molar-refractivity contribution in [1.29, 1.82) is 0 Å². The SMILES string of the molecule is NCc1ccc(Oc2ncccc2C(F)(F)F)c(Cl)c1. The summed E-state index contributed by atoms with van der Waals surface area (Å²) in [6.07, 6.45) is -3.33. The minimum atomic E-state index is -4.55. The standard InChI is InChI=1S/C13H10ClF3N2O/c14-10-6-8(7-18)3-4-11(10)20-12-9(13(15,16)17)2-1-5-19-12/h1-6H,7,18H2. The van der Waals surface area contributed by atoms with Crippen LogP contribution < -0.4 is 10.5 Å². The molecule has 1 heterocycles. The lowest BCUT2D eigenvalue weighted by atomic mass is 10.2. The Bertz CT molecular complexity index is 617. The topological polar surface area (TPSA) is 48.1 Å². The van der Waals surface area contributed by atoms with Crippen molar-refractivity contribution < 1.29 is 17.9 Å². The monoisotopic (exact) mass is 302 g/mol. The van der Waals surface area contributed by atoms with E-state index < -0.39 is 17.6 Å². The van der Waals surface area contributed by atoms with Gasteiger partial charge in [-0.1, -0.05) is 17.7 Å². The summed E-state index contributed by atoms with van der Waals surface area (Å²) in [7, 11) is 0. The maximum atomic E-state index is 12.8. The summed E-state index contributed by atoms with van der Waals surface area (Å²) in [5, 5.41) is 0.173. The predicted octanol–water partition coefficient (Wildman–Crippen LogP) is 4.00. The quantitative estimate of drug-likeness (QED) is 0.932. The second-order valence-corrected chi connectivity index (χ2v) is 4.33. The van der Waals surface area contributed by atoms with Crippen LogP contribution in [0.2, 0.25) is 5.02 Å². The second-order valence-electron chi connectivity index (χ2n) is 3.92. The normalized spacial score (nSPS) is 11.4. The number of halogens is 4. The van der Waals surface area contributed by atoms with Crippen LogP contribution >= 0.6 is 11.6 Å². The van der Waals surface area contributed by atoms with E-state index in [1.807, 2.05) is 0 Å². The van der Waals surface area contributed by atoms with Gasteiger partial charge in [0, 0.05) is 12.7 Å². The molecule has 0 aliphatic carbocycles. The van der Waals surface area contributed by atoms with Crippen molar-refractivity contribution in [3.63, 3.8) is 0 Å². The Kier molecular flexibility index (Phi) is 4.15. The van der Waals surface area contributed by atoms with Crippen molar-refractivity contribution in [2.75, 3.05) is 0 Å². The number of nitrogens with two attached hydrogens (primary N) is 1. The van der Waals surface area contributed by atoms with Crippen molar-refractivity contribution in [3.8, 4) is 11.6 Å². The summed E-state index contributed by atoms with van der Waals surface area (Å²) in [6, 6.07) is 6.70. The van der Waals surface area contributed by atoms with Crippen LogP contribution in [0.25, 0.3) is 0 Å². The molecule has 0 spiro atoms. The van der Waals surface area contributed by atoms with Gasteiger partial charge in [0.2, 0.25) is 5.88 Å². The number of alkyl halides is 3. The average Bonchev–Trinajstić information content (AvgIpc) is 2.40. The third-order valence-corrected chi connectivity index (χ3v) is 2.81. The summed E-state index contributed by atoms with van der Waals surface area (Å²) in [4.78, 5) is 3.60. The summed E-state index contributed by atoms with van der Waals surface area (Å²) in [5.41, 5.74) is 5.23. The number of hydrogen-bond acceptors (Lipinski definition) is 3. The van der Waals surface area contributed by atoms with Crippen LogP contribution in [0.1, 0.15) is 11.1 Å². The highest BCUT2D eigenvalue weighted by Gasteiger charge is 2.35. The third kappa shape index (κ3) is 3.20. The zero-order valence-corrected chi connectivity index (χ0v) is 10.9. The molecule has 0 aliphatic rings. The number of pyridine rings is 1. The van der Waals surface area contributed by atoms with E-state index in [0.29, 0.717) is 0 Å². The highest BCUT2D eigenvalue weighted by molar-refractivity contribution is 6.32. The predicted molar refractivity (Wildman–Crippen MR) is 68.7 cm³/mol. The summed E-state index contributed by atoms with van der Waals surface area (Å²) in [6.45, 7) is 0.275. The Labute approximate surface area is 118 Å². The molecule has 0 aliphatic heterocycles. The van der Waals surface area contributed by atoms with Crippen molar-refractivity contribution in [3.05, 3.63) is 52.7 Å². The summed E-state index contributed by atoms with van der Waals surface area (Å²) in [5.74, 6) is -0.449. The van der Waals surface area contributed by atoms with Gasteiger partial charge >= 0.3 is 6.18 Å². The van der Waals surface area contributed by atoms with E-state index in [2.05, 4.69) is 4.98 Å². The number of ether oxygens (including phenoxy) is 1. The summed E-state index contributed by atoms with van der Waals surface area (Å²) >= 11 is 5.94. The molecule has 0 fully saturated rings. The third-order valence-electron chi connectivity index (χ3n) is 2.52. The highest BCUT2D eigenvalue weighted by Crippen LogP contribution is 2.38. The first-order valence-corrected chi connectivity index (χ1v) is 5.98. The second kappa shape index (κ2) is 5.68. The molecule has 1 aromatic heterocycles. The van der Waals surface area contributed by atoms with Gasteiger partial charge in [0.15, 0.2) is 0 Å². The number of aromatic nitrogens is 1. The fraction of sp³-hybridized carbons (Fsp3) is 0.154. The van der Waals surface area contributed by atoms with Crippen LogP contribution in [0.5, 0.6) is 11.6 Å². The van der Waals surface area contributed by atoms with E-state index in [1.165, 1.54) is 24.4 Å². The molecule has 0 saturated heterocycles. The van der Waals surface area contributed by atoms with E-state index in [0.717, 1.165) is 11.6 Å². The van der Waals surface area contributed by atoms with Gasteiger partial charge in [0.1, 0.15) is 11.3 Å². The van der Waals surface area contributed by atoms with E-state index >= 15 is 0 Å². The van der Waals surface area contributed by atoms with Gasteiger partial charge in [0.25, 0.3) is 0 Å². The lowest BCUT2D eigenvalue weighted by Gasteiger charge is -2.13. The van der Waals surface area contributed by atoms with Crippen molar-refractivity contribution >= 4 is 11.6 Å². The van der Waals surface area contributed by atoms with Crippen molar-refractivity contribution in [1.82, 2.24) is 4.98 Å². The first-order chi connectivity index (χ1) is 9.41. The Balaban J connectivity index is 2.36. The highest BCUT2D eigenvalue weighted by atomic mass is 35.5. The number of benzene rings is 1. The fourth-order valence-electron chi connectivity index (χ4n) is 1.55. The van der Waals surface area contributed by atoms with Crippen molar-refractivity contribution in [2.24, 2.45) is 5.73 Å². The smallest absolute Gasteiger partial charge is 0.421 e. The minimum Gasteiger partial charge on any atom is -0.437 e. The molecule has 2 rings (SSSR count). The van der Waals surface area contributed by atoms with E-state index in [9.17, 15) is 13.2 Å². The van der Waals surface area contributed by atoms with Gasteiger partial charge in [-0.15, -0.1) is 0 Å². The van der Waals surface area contributed by atoms with E-state index in [4.69, 9.17) is 22.1 Å². The summed E-state index contributed by atoms with van der Waals surface area (Å²) < 4.78 is 43.6. The van der Waals surface area contributed by atoms with Crippen LogP contribution in [-0.2, 0) is 12.7 Å². The van der Waals surface area contributed by atoms with Crippen LogP contribution in [0.3, 0.4) is 0 Å². The van der Waals surface area contributed by atoms with Crippen LogP contribution in [-0.4, -0.2) is 4.98 Å². The van der Waals surface area contributed by atoms with Gasteiger partial charge in [-0.3, -0.25) is 0 Å². The van der Waals surface area contributed by atoms with Gasteiger partial charge in [-0.05, 0) is 29.8 Å². The van der Waals surface area contributed by atoms with E-state index in [-0.39, 0.29) is 17.3 Å². The van der Waals surface area contributed by atoms with Gasteiger partial charge in [-0.25, -0.2) is 4.98 Å². The largest absolute Gasteiger partial charge is 0.437 e. The molecule has 106 valence electrons. The van der Waals surface area contributed by atoms with Gasteiger partial charge in [-0.2, -0.15) is 13.2 Å². The Morgan fingerprint density at radius 3 is 2.60 bits per heavy atom. The molecule has 20 heavy (non-hydrogen) atoms. The first-order valence-electron chi connectivity index (χ1n) is 5.60. The zero-order chi connectivity index (χ0) is 14.8. The van der Waals surface area contributed by atoms with Crippen LogP contribution in [0, 0.1) is 0 Å².